The van der Waals surface area contributed by atoms with Crippen LogP contribution in [-0.4, -0.2) is 33.7 Å². The Kier molecular flexibility index (Phi) is 4.30. The molecule has 4 nitrogen and oxygen atoms in total. The number of hydrogen-bond donors (Lipinski definition) is 1. The van der Waals surface area contributed by atoms with E-state index < -0.39 is 5.60 Å². The first-order valence-electron chi connectivity index (χ1n) is 6.57. The number of aromatic nitrogens is 2. The highest BCUT2D eigenvalue weighted by Gasteiger charge is 2.31. The van der Waals surface area contributed by atoms with Crippen molar-refractivity contribution in [1.29, 1.82) is 0 Å². The van der Waals surface area contributed by atoms with Crippen LogP contribution in [0, 0.1) is 6.92 Å². The van der Waals surface area contributed by atoms with Crippen molar-refractivity contribution >= 4 is 11.6 Å². The molecule has 1 aromatic rings. The summed E-state index contributed by atoms with van der Waals surface area (Å²) < 4.78 is 7.29. The van der Waals surface area contributed by atoms with Gasteiger partial charge in [0.05, 0.1) is 22.0 Å². The Morgan fingerprint density at radius 2 is 2.22 bits per heavy atom. The molecule has 2 heterocycles. The van der Waals surface area contributed by atoms with Crippen LogP contribution in [0.2, 0.25) is 5.02 Å². The molecule has 1 fully saturated rings. The van der Waals surface area contributed by atoms with E-state index in [1.165, 1.54) is 0 Å². The fourth-order valence-corrected chi connectivity index (χ4v) is 2.72. The Hall–Kier alpha value is -0.580. The maximum absolute atomic E-state index is 10.7. The summed E-state index contributed by atoms with van der Waals surface area (Å²) in [7, 11) is 0. The van der Waals surface area contributed by atoms with Crippen molar-refractivity contribution in [2.75, 3.05) is 13.2 Å². The van der Waals surface area contributed by atoms with E-state index in [9.17, 15) is 5.11 Å². The molecule has 0 bridgehead atoms. The summed E-state index contributed by atoms with van der Waals surface area (Å²) in [6, 6.07) is 0. The molecule has 0 aromatic carbocycles. The van der Waals surface area contributed by atoms with Gasteiger partial charge < -0.3 is 9.84 Å². The molecule has 1 aromatic heterocycles. The lowest BCUT2D eigenvalue weighted by molar-refractivity contribution is 0.0171. The van der Waals surface area contributed by atoms with Gasteiger partial charge in [-0.2, -0.15) is 5.10 Å². The number of aliphatic hydroxyl groups is 1. The van der Waals surface area contributed by atoms with Crippen LogP contribution in [0.25, 0.3) is 0 Å². The minimum absolute atomic E-state index is 0.559. The standard InChI is InChI=1S/C13H21ClN2O2/c1-3-16-11(12(14)10(2)15-16)9-13(17)5-4-7-18-8-6-13/h17H,3-9H2,1-2H3. The van der Waals surface area contributed by atoms with Crippen molar-refractivity contribution in [2.45, 2.75) is 51.7 Å². The number of aryl methyl sites for hydroxylation is 2. The van der Waals surface area contributed by atoms with E-state index in [-0.39, 0.29) is 0 Å². The summed E-state index contributed by atoms with van der Waals surface area (Å²) in [5.74, 6) is 0. The van der Waals surface area contributed by atoms with Gasteiger partial charge in [-0.25, -0.2) is 0 Å². The van der Waals surface area contributed by atoms with Crippen molar-refractivity contribution in [3.63, 3.8) is 0 Å². The van der Waals surface area contributed by atoms with Crippen LogP contribution >= 0.6 is 11.6 Å². The van der Waals surface area contributed by atoms with Crippen molar-refractivity contribution < 1.29 is 9.84 Å². The number of ether oxygens (including phenoxy) is 1. The first-order valence-corrected chi connectivity index (χ1v) is 6.95. The SMILES string of the molecule is CCn1nc(C)c(Cl)c1CC1(O)CCCOCC1. The van der Waals surface area contributed by atoms with Crippen molar-refractivity contribution in [3.8, 4) is 0 Å². The Morgan fingerprint density at radius 3 is 2.94 bits per heavy atom. The molecule has 1 aliphatic heterocycles. The highest BCUT2D eigenvalue weighted by Crippen LogP contribution is 2.30. The minimum Gasteiger partial charge on any atom is -0.389 e. The molecular formula is C13H21ClN2O2. The lowest BCUT2D eigenvalue weighted by atomic mass is 9.89. The molecule has 0 saturated carbocycles. The minimum atomic E-state index is -0.709. The van der Waals surface area contributed by atoms with Gasteiger partial charge in [0.25, 0.3) is 0 Å². The van der Waals surface area contributed by atoms with Crippen LogP contribution in [0.3, 0.4) is 0 Å². The first-order chi connectivity index (χ1) is 8.56. The molecule has 1 unspecified atom stereocenters. The van der Waals surface area contributed by atoms with Gasteiger partial charge in [0.2, 0.25) is 0 Å². The molecule has 0 spiro atoms. The molecule has 0 aliphatic carbocycles. The predicted octanol–water partition coefficient (Wildman–Crippen LogP) is 2.34. The summed E-state index contributed by atoms with van der Waals surface area (Å²) in [5.41, 5.74) is 1.07. The smallest absolute Gasteiger partial charge is 0.0848 e. The van der Waals surface area contributed by atoms with Crippen LogP contribution in [0.5, 0.6) is 0 Å². The Balaban J connectivity index is 2.21. The lowest BCUT2D eigenvalue weighted by Gasteiger charge is -2.26. The second-order valence-corrected chi connectivity index (χ2v) is 5.41. The van der Waals surface area contributed by atoms with Gasteiger partial charge in [-0.3, -0.25) is 4.68 Å². The van der Waals surface area contributed by atoms with Crippen LogP contribution in [-0.2, 0) is 17.7 Å². The average Bonchev–Trinajstić information content (AvgIpc) is 2.54. The highest BCUT2D eigenvalue weighted by molar-refractivity contribution is 6.31. The van der Waals surface area contributed by atoms with Crippen LogP contribution in [0.1, 0.15) is 37.6 Å². The maximum Gasteiger partial charge on any atom is 0.0848 e. The Morgan fingerprint density at radius 1 is 1.44 bits per heavy atom. The highest BCUT2D eigenvalue weighted by atomic mass is 35.5. The molecule has 102 valence electrons. The van der Waals surface area contributed by atoms with Crippen molar-refractivity contribution in [3.05, 3.63) is 16.4 Å². The molecule has 1 N–H and O–H groups in total. The summed E-state index contributed by atoms with van der Waals surface area (Å²) in [5, 5.41) is 15.8. The molecule has 1 aliphatic rings. The zero-order chi connectivity index (χ0) is 13.2. The maximum atomic E-state index is 10.7. The molecule has 18 heavy (non-hydrogen) atoms. The third-order valence-electron chi connectivity index (χ3n) is 3.59. The van der Waals surface area contributed by atoms with Gasteiger partial charge in [-0.1, -0.05) is 11.6 Å². The topological polar surface area (TPSA) is 47.3 Å². The van der Waals surface area contributed by atoms with E-state index in [0.29, 0.717) is 24.5 Å². The van der Waals surface area contributed by atoms with Gasteiger partial charge in [0.1, 0.15) is 0 Å². The molecule has 2 rings (SSSR count). The van der Waals surface area contributed by atoms with E-state index in [2.05, 4.69) is 5.10 Å². The third kappa shape index (κ3) is 2.87. The first kappa shape index (κ1) is 13.8. The Labute approximate surface area is 113 Å². The second-order valence-electron chi connectivity index (χ2n) is 5.03. The molecule has 0 amide bonds. The lowest BCUT2D eigenvalue weighted by Crippen LogP contribution is -2.32. The average molecular weight is 273 g/mol. The summed E-state index contributed by atoms with van der Waals surface area (Å²) in [6.07, 6.45) is 2.88. The predicted molar refractivity (Wildman–Crippen MR) is 71.0 cm³/mol. The van der Waals surface area contributed by atoms with Gasteiger partial charge in [-0.05, 0) is 33.1 Å². The van der Waals surface area contributed by atoms with Crippen LogP contribution in [0.15, 0.2) is 0 Å². The second kappa shape index (κ2) is 5.59. The van der Waals surface area contributed by atoms with Gasteiger partial charge in [0, 0.05) is 26.2 Å². The van der Waals surface area contributed by atoms with Crippen molar-refractivity contribution in [1.82, 2.24) is 9.78 Å². The number of rotatable bonds is 3. The van der Waals surface area contributed by atoms with E-state index in [0.717, 1.165) is 37.4 Å². The monoisotopic (exact) mass is 272 g/mol. The Bertz CT molecular complexity index is 409. The fourth-order valence-electron chi connectivity index (χ4n) is 2.52. The molecule has 5 heteroatoms. The van der Waals surface area contributed by atoms with Gasteiger partial charge in [0.15, 0.2) is 0 Å². The summed E-state index contributed by atoms with van der Waals surface area (Å²) in [4.78, 5) is 0. The largest absolute Gasteiger partial charge is 0.389 e. The zero-order valence-electron chi connectivity index (χ0n) is 11.1. The van der Waals surface area contributed by atoms with E-state index >= 15 is 0 Å². The molecule has 0 radical (unpaired) electrons. The summed E-state index contributed by atoms with van der Waals surface area (Å²) in [6.45, 7) is 6.07. The third-order valence-corrected chi connectivity index (χ3v) is 4.08. The number of hydrogen-bond acceptors (Lipinski definition) is 3. The normalized spacial score (nSPS) is 25.1. The zero-order valence-corrected chi connectivity index (χ0v) is 11.8. The fraction of sp³-hybridized carbons (Fsp3) is 0.769. The molecular weight excluding hydrogens is 252 g/mol. The van der Waals surface area contributed by atoms with E-state index in [1.807, 2.05) is 18.5 Å². The number of halogens is 1. The van der Waals surface area contributed by atoms with Crippen molar-refractivity contribution in [2.24, 2.45) is 0 Å². The van der Waals surface area contributed by atoms with E-state index in [4.69, 9.17) is 16.3 Å². The number of nitrogens with zero attached hydrogens (tertiary/aromatic N) is 2. The van der Waals surface area contributed by atoms with Gasteiger partial charge in [-0.15, -0.1) is 0 Å². The van der Waals surface area contributed by atoms with Crippen LogP contribution < -0.4 is 0 Å². The molecule has 1 atom stereocenters. The van der Waals surface area contributed by atoms with Gasteiger partial charge >= 0.3 is 0 Å². The molecule has 1 saturated heterocycles. The van der Waals surface area contributed by atoms with Crippen LogP contribution in [0.4, 0.5) is 0 Å². The van der Waals surface area contributed by atoms with E-state index in [1.54, 1.807) is 0 Å². The quantitative estimate of drug-likeness (QED) is 0.919. The summed E-state index contributed by atoms with van der Waals surface area (Å²) >= 11 is 6.29.